The number of pyridine rings is 1. The standard InChI is InChI=1S/C14H13ClN4/c1-19-9-16-7-10(19)8-18-13-5-4-12(15)14-11(13)3-2-6-17-14/h2-7,9,18H,8H2,1H3. The van der Waals surface area contributed by atoms with Crippen LogP contribution in [0.2, 0.25) is 5.02 Å². The van der Waals surface area contributed by atoms with Gasteiger partial charge in [0.1, 0.15) is 0 Å². The minimum Gasteiger partial charge on any atom is -0.379 e. The molecule has 1 N–H and O–H groups in total. The number of hydrogen-bond acceptors (Lipinski definition) is 3. The average Bonchev–Trinajstić information content (AvgIpc) is 2.84. The first kappa shape index (κ1) is 12.0. The zero-order chi connectivity index (χ0) is 13.2. The van der Waals surface area contributed by atoms with Crippen molar-refractivity contribution >= 4 is 28.2 Å². The molecule has 4 nitrogen and oxygen atoms in total. The van der Waals surface area contributed by atoms with Gasteiger partial charge in [-0.15, -0.1) is 0 Å². The van der Waals surface area contributed by atoms with Gasteiger partial charge in [-0.1, -0.05) is 11.6 Å². The Labute approximate surface area is 116 Å². The number of hydrogen-bond donors (Lipinski definition) is 1. The quantitative estimate of drug-likeness (QED) is 0.796. The highest BCUT2D eigenvalue weighted by Crippen LogP contribution is 2.28. The van der Waals surface area contributed by atoms with Crippen LogP contribution in [-0.4, -0.2) is 14.5 Å². The third kappa shape index (κ3) is 2.27. The van der Waals surface area contributed by atoms with Crippen molar-refractivity contribution in [3.8, 4) is 0 Å². The van der Waals surface area contributed by atoms with Crippen LogP contribution in [0.4, 0.5) is 5.69 Å². The molecule has 0 bridgehead atoms. The van der Waals surface area contributed by atoms with Crippen LogP contribution in [0, 0.1) is 0 Å². The molecular formula is C14H13ClN4. The van der Waals surface area contributed by atoms with Gasteiger partial charge in [0.2, 0.25) is 0 Å². The van der Waals surface area contributed by atoms with E-state index in [1.54, 1.807) is 12.5 Å². The Morgan fingerprint density at radius 1 is 1.32 bits per heavy atom. The maximum absolute atomic E-state index is 6.15. The molecule has 5 heteroatoms. The molecule has 3 rings (SSSR count). The number of aryl methyl sites for hydroxylation is 1. The molecule has 19 heavy (non-hydrogen) atoms. The largest absolute Gasteiger partial charge is 0.379 e. The summed E-state index contributed by atoms with van der Waals surface area (Å²) in [5.74, 6) is 0. The van der Waals surface area contributed by atoms with E-state index in [1.165, 1.54) is 0 Å². The maximum atomic E-state index is 6.15. The topological polar surface area (TPSA) is 42.7 Å². The lowest BCUT2D eigenvalue weighted by molar-refractivity contribution is 0.838. The first-order valence-electron chi connectivity index (χ1n) is 5.98. The van der Waals surface area contributed by atoms with Crippen LogP contribution in [0.5, 0.6) is 0 Å². The molecule has 0 unspecified atom stereocenters. The Hall–Kier alpha value is -2.07. The second kappa shape index (κ2) is 4.90. The number of nitrogens with one attached hydrogen (secondary N) is 1. The van der Waals surface area contributed by atoms with Gasteiger partial charge >= 0.3 is 0 Å². The summed E-state index contributed by atoms with van der Waals surface area (Å²) in [6.07, 6.45) is 5.39. The van der Waals surface area contributed by atoms with E-state index in [0.717, 1.165) is 22.3 Å². The first-order valence-corrected chi connectivity index (χ1v) is 6.36. The van der Waals surface area contributed by atoms with E-state index in [2.05, 4.69) is 15.3 Å². The van der Waals surface area contributed by atoms with Crippen molar-refractivity contribution in [1.29, 1.82) is 0 Å². The van der Waals surface area contributed by atoms with Gasteiger partial charge in [-0.25, -0.2) is 4.98 Å². The van der Waals surface area contributed by atoms with Crippen LogP contribution in [0.25, 0.3) is 10.9 Å². The summed E-state index contributed by atoms with van der Waals surface area (Å²) in [5, 5.41) is 5.09. The fourth-order valence-corrected chi connectivity index (χ4v) is 2.25. The molecule has 0 aliphatic carbocycles. The molecule has 0 spiro atoms. The molecule has 0 aliphatic heterocycles. The number of imidazole rings is 1. The Morgan fingerprint density at radius 2 is 2.21 bits per heavy atom. The van der Waals surface area contributed by atoms with E-state index in [1.807, 2.05) is 42.1 Å². The molecule has 0 saturated heterocycles. The van der Waals surface area contributed by atoms with Gasteiger partial charge in [0.15, 0.2) is 0 Å². The molecule has 2 aromatic heterocycles. The highest BCUT2D eigenvalue weighted by Gasteiger charge is 2.06. The predicted molar refractivity (Wildman–Crippen MR) is 77.3 cm³/mol. The molecule has 3 aromatic rings. The smallest absolute Gasteiger partial charge is 0.0946 e. The second-order valence-corrected chi connectivity index (χ2v) is 4.75. The summed E-state index contributed by atoms with van der Waals surface area (Å²) in [6.45, 7) is 0.710. The molecule has 0 saturated carbocycles. The summed E-state index contributed by atoms with van der Waals surface area (Å²) >= 11 is 6.15. The summed E-state index contributed by atoms with van der Waals surface area (Å²) in [5.41, 5.74) is 2.96. The third-order valence-corrected chi connectivity index (χ3v) is 3.40. The lowest BCUT2D eigenvalue weighted by Gasteiger charge is -2.10. The molecule has 2 heterocycles. The van der Waals surface area contributed by atoms with E-state index >= 15 is 0 Å². The fourth-order valence-electron chi connectivity index (χ4n) is 2.03. The first-order chi connectivity index (χ1) is 9.25. The number of anilines is 1. The summed E-state index contributed by atoms with van der Waals surface area (Å²) in [6, 6.07) is 7.76. The molecule has 0 atom stereocenters. The average molecular weight is 273 g/mol. The summed E-state index contributed by atoms with van der Waals surface area (Å²) < 4.78 is 1.99. The van der Waals surface area contributed by atoms with E-state index in [-0.39, 0.29) is 0 Å². The third-order valence-electron chi connectivity index (χ3n) is 3.10. The number of benzene rings is 1. The number of nitrogens with zero attached hydrogens (tertiary/aromatic N) is 3. The Balaban J connectivity index is 1.93. The van der Waals surface area contributed by atoms with Crippen LogP contribution < -0.4 is 5.32 Å². The zero-order valence-electron chi connectivity index (χ0n) is 10.5. The van der Waals surface area contributed by atoms with E-state index in [0.29, 0.717) is 11.6 Å². The number of fused-ring (bicyclic) bond motifs is 1. The van der Waals surface area contributed by atoms with Crippen molar-refractivity contribution in [3.63, 3.8) is 0 Å². The lowest BCUT2D eigenvalue weighted by atomic mass is 10.2. The van der Waals surface area contributed by atoms with Crippen LogP contribution in [0.15, 0.2) is 43.0 Å². The van der Waals surface area contributed by atoms with Crippen LogP contribution in [-0.2, 0) is 13.6 Å². The van der Waals surface area contributed by atoms with Gasteiger partial charge in [-0.2, -0.15) is 0 Å². The van der Waals surface area contributed by atoms with Gasteiger partial charge < -0.3 is 9.88 Å². The lowest BCUT2D eigenvalue weighted by Crippen LogP contribution is -2.04. The van der Waals surface area contributed by atoms with E-state index in [9.17, 15) is 0 Å². The van der Waals surface area contributed by atoms with Crippen LogP contribution in [0.1, 0.15) is 5.69 Å². The number of halogens is 1. The molecule has 0 radical (unpaired) electrons. The molecule has 0 amide bonds. The SMILES string of the molecule is Cn1cncc1CNc1ccc(Cl)c2ncccc12. The minimum absolute atomic E-state index is 0.668. The van der Waals surface area contributed by atoms with Crippen molar-refractivity contribution in [2.75, 3.05) is 5.32 Å². The van der Waals surface area contributed by atoms with Crippen molar-refractivity contribution in [3.05, 3.63) is 53.7 Å². The Kier molecular flexibility index (Phi) is 3.09. The van der Waals surface area contributed by atoms with Gasteiger partial charge in [-0.05, 0) is 24.3 Å². The molecule has 0 fully saturated rings. The van der Waals surface area contributed by atoms with Crippen molar-refractivity contribution < 1.29 is 0 Å². The van der Waals surface area contributed by atoms with Gasteiger partial charge in [-0.3, -0.25) is 4.98 Å². The van der Waals surface area contributed by atoms with Crippen molar-refractivity contribution in [1.82, 2.24) is 14.5 Å². The van der Waals surface area contributed by atoms with E-state index in [4.69, 9.17) is 11.6 Å². The van der Waals surface area contributed by atoms with Crippen molar-refractivity contribution in [2.45, 2.75) is 6.54 Å². The number of aromatic nitrogens is 3. The van der Waals surface area contributed by atoms with Gasteiger partial charge in [0.25, 0.3) is 0 Å². The van der Waals surface area contributed by atoms with Gasteiger partial charge in [0, 0.05) is 30.5 Å². The molecule has 96 valence electrons. The van der Waals surface area contributed by atoms with Crippen molar-refractivity contribution in [2.24, 2.45) is 7.05 Å². The zero-order valence-corrected chi connectivity index (χ0v) is 11.2. The number of rotatable bonds is 3. The molecule has 0 aliphatic rings. The predicted octanol–water partition coefficient (Wildman–Crippen LogP) is 3.23. The maximum Gasteiger partial charge on any atom is 0.0946 e. The second-order valence-electron chi connectivity index (χ2n) is 4.34. The summed E-state index contributed by atoms with van der Waals surface area (Å²) in [7, 11) is 1.98. The minimum atomic E-state index is 0.668. The highest BCUT2D eigenvalue weighted by atomic mass is 35.5. The monoisotopic (exact) mass is 272 g/mol. The molecule has 1 aromatic carbocycles. The van der Waals surface area contributed by atoms with Gasteiger partial charge in [0.05, 0.1) is 29.1 Å². The Morgan fingerprint density at radius 3 is 3.00 bits per heavy atom. The van der Waals surface area contributed by atoms with Crippen LogP contribution >= 0.6 is 11.6 Å². The Bertz CT molecular complexity index is 720. The molecular weight excluding hydrogens is 260 g/mol. The van der Waals surface area contributed by atoms with Crippen LogP contribution in [0.3, 0.4) is 0 Å². The fraction of sp³-hybridized carbons (Fsp3) is 0.143. The summed E-state index contributed by atoms with van der Waals surface area (Å²) in [4.78, 5) is 8.41. The normalized spacial score (nSPS) is 10.8. The highest BCUT2D eigenvalue weighted by molar-refractivity contribution is 6.35. The van der Waals surface area contributed by atoms with E-state index < -0.39 is 0 Å².